The van der Waals surface area contributed by atoms with Gasteiger partial charge in [-0.15, -0.1) is 0 Å². The van der Waals surface area contributed by atoms with E-state index in [9.17, 15) is 0 Å². The molecule has 1 nitrogen and oxygen atoms in total. The summed E-state index contributed by atoms with van der Waals surface area (Å²) in [5.74, 6) is 0. The van der Waals surface area contributed by atoms with Crippen molar-refractivity contribution in [1.29, 1.82) is 0 Å². The van der Waals surface area contributed by atoms with Crippen LogP contribution in [0.4, 0.5) is 0 Å². The lowest BCUT2D eigenvalue weighted by molar-refractivity contribution is 0.0832. The molecule has 1 unspecified atom stereocenters. The summed E-state index contributed by atoms with van der Waals surface area (Å²) < 4.78 is 0. The zero-order valence-corrected chi connectivity index (χ0v) is 9.77. The Bertz CT molecular complexity index is 149. The summed E-state index contributed by atoms with van der Waals surface area (Å²) in [4.78, 5) is 2.76. The molecule has 1 fully saturated rings. The number of rotatable bonds is 4. The molecule has 13 heavy (non-hydrogen) atoms. The highest BCUT2D eigenvalue weighted by molar-refractivity contribution is 4.95. The third kappa shape index (κ3) is 1.90. The third-order valence-electron chi connectivity index (χ3n) is 4.09. The lowest BCUT2D eigenvalue weighted by atomic mass is 9.89. The average molecular weight is 183 g/mol. The van der Waals surface area contributed by atoms with E-state index in [1.54, 1.807) is 0 Å². The second-order valence-electron chi connectivity index (χ2n) is 4.49. The van der Waals surface area contributed by atoms with Gasteiger partial charge < -0.3 is 0 Å². The largest absolute Gasteiger partial charge is 0.295 e. The molecular weight excluding hydrogens is 158 g/mol. The molecule has 1 aliphatic rings. The summed E-state index contributed by atoms with van der Waals surface area (Å²) in [6, 6.07) is 0.780. The molecule has 0 radical (unpaired) electrons. The van der Waals surface area contributed by atoms with E-state index >= 15 is 0 Å². The summed E-state index contributed by atoms with van der Waals surface area (Å²) in [5.41, 5.74) is 0.551. The van der Waals surface area contributed by atoms with Crippen LogP contribution in [0.1, 0.15) is 59.8 Å². The van der Waals surface area contributed by atoms with Crippen molar-refractivity contribution in [3.05, 3.63) is 0 Å². The Balaban J connectivity index is 2.71. The summed E-state index contributed by atoms with van der Waals surface area (Å²) in [6.45, 7) is 10.7. The SMILES string of the molecule is CCC(C)N1CCCC1(CC)CC. The molecule has 1 atom stereocenters. The minimum Gasteiger partial charge on any atom is -0.295 e. The third-order valence-corrected chi connectivity index (χ3v) is 4.09. The van der Waals surface area contributed by atoms with Gasteiger partial charge >= 0.3 is 0 Å². The predicted molar refractivity (Wildman–Crippen MR) is 59.0 cm³/mol. The summed E-state index contributed by atoms with van der Waals surface area (Å²) in [5, 5.41) is 0. The van der Waals surface area contributed by atoms with E-state index in [4.69, 9.17) is 0 Å². The molecule has 0 spiro atoms. The topological polar surface area (TPSA) is 3.24 Å². The smallest absolute Gasteiger partial charge is 0.0207 e. The fourth-order valence-electron chi connectivity index (χ4n) is 2.88. The van der Waals surface area contributed by atoms with Gasteiger partial charge in [-0.05, 0) is 45.6 Å². The molecule has 0 N–H and O–H groups in total. The van der Waals surface area contributed by atoms with E-state index < -0.39 is 0 Å². The van der Waals surface area contributed by atoms with Crippen LogP contribution in [0.15, 0.2) is 0 Å². The number of likely N-dealkylation sites (tertiary alicyclic amines) is 1. The molecule has 1 heterocycles. The van der Waals surface area contributed by atoms with Gasteiger partial charge in [-0.1, -0.05) is 20.8 Å². The van der Waals surface area contributed by atoms with E-state index in [1.165, 1.54) is 38.6 Å². The first-order chi connectivity index (χ1) is 6.20. The molecule has 1 heteroatoms. The fourth-order valence-corrected chi connectivity index (χ4v) is 2.88. The fraction of sp³-hybridized carbons (Fsp3) is 1.00. The number of hydrogen-bond donors (Lipinski definition) is 0. The molecule has 1 aliphatic heterocycles. The molecule has 1 saturated heterocycles. The monoisotopic (exact) mass is 183 g/mol. The van der Waals surface area contributed by atoms with Crippen LogP contribution in [-0.4, -0.2) is 23.0 Å². The number of nitrogens with zero attached hydrogens (tertiary/aromatic N) is 1. The molecule has 0 aromatic carbocycles. The second kappa shape index (κ2) is 4.45. The Hall–Kier alpha value is -0.0400. The maximum absolute atomic E-state index is 2.76. The predicted octanol–water partition coefficient (Wildman–Crippen LogP) is 3.44. The molecule has 78 valence electrons. The van der Waals surface area contributed by atoms with Crippen molar-refractivity contribution in [2.75, 3.05) is 6.54 Å². The quantitative estimate of drug-likeness (QED) is 0.645. The minimum atomic E-state index is 0.551. The molecule has 1 rings (SSSR count). The van der Waals surface area contributed by atoms with Crippen LogP contribution >= 0.6 is 0 Å². The van der Waals surface area contributed by atoms with E-state index in [0.717, 1.165) is 6.04 Å². The van der Waals surface area contributed by atoms with Crippen LogP contribution < -0.4 is 0 Å². The molecule has 0 aromatic rings. The van der Waals surface area contributed by atoms with Crippen LogP contribution in [0.5, 0.6) is 0 Å². The van der Waals surface area contributed by atoms with Crippen molar-refractivity contribution in [3.8, 4) is 0 Å². The molecule has 0 aromatic heterocycles. The van der Waals surface area contributed by atoms with Crippen LogP contribution in [0.25, 0.3) is 0 Å². The molecule has 0 saturated carbocycles. The van der Waals surface area contributed by atoms with Gasteiger partial charge in [-0.3, -0.25) is 4.90 Å². The van der Waals surface area contributed by atoms with Crippen molar-refractivity contribution >= 4 is 0 Å². The molecule has 0 aliphatic carbocycles. The van der Waals surface area contributed by atoms with Gasteiger partial charge in [0.1, 0.15) is 0 Å². The standard InChI is InChI=1S/C12H25N/c1-5-11(4)13-10-8-9-12(13,6-2)7-3/h11H,5-10H2,1-4H3. The lowest BCUT2D eigenvalue weighted by Gasteiger charge is -2.41. The Morgan fingerprint density at radius 3 is 2.31 bits per heavy atom. The Morgan fingerprint density at radius 2 is 1.85 bits per heavy atom. The minimum absolute atomic E-state index is 0.551. The van der Waals surface area contributed by atoms with Gasteiger partial charge in [-0.25, -0.2) is 0 Å². The first-order valence-corrected chi connectivity index (χ1v) is 5.97. The van der Waals surface area contributed by atoms with Crippen LogP contribution in [-0.2, 0) is 0 Å². The summed E-state index contributed by atoms with van der Waals surface area (Å²) >= 11 is 0. The lowest BCUT2D eigenvalue weighted by Crippen LogP contribution is -2.47. The Labute approximate surface area is 83.5 Å². The Morgan fingerprint density at radius 1 is 1.23 bits per heavy atom. The van der Waals surface area contributed by atoms with E-state index in [2.05, 4.69) is 32.6 Å². The van der Waals surface area contributed by atoms with Gasteiger partial charge in [0, 0.05) is 11.6 Å². The van der Waals surface area contributed by atoms with Crippen LogP contribution in [0, 0.1) is 0 Å². The van der Waals surface area contributed by atoms with Gasteiger partial charge in [-0.2, -0.15) is 0 Å². The summed E-state index contributed by atoms with van der Waals surface area (Å²) in [7, 11) is 0. The van der Waals surface area contributed by atoms with Gasteiger partial charge in [0.2, 0.25) is 0 Å². The van der Waals surface area contributed by atoms with E-state index in [0.29, 0.717) is 5.54 Å². The van der Waals surface area contributed by atoms with Crippen LogP contribution in [0.2, 0.25) is 0 Å². The summed E-state index contributed by atoms with van der Waals surface area (Å²) in [6.07, 6.45) is 6.78. The maximum Gasteiger partial charge on any atom is 0.0207 e. The highest BCUT2D eigenvalue weighted by atomic mass is 15.2. The van der Waals surface area contributed by atoms with Crippen molar-refractivity contribution < 1.29 is 0 Å². The van der Waals surface area contributed by atoms with Crippen molar-refractivity contribution in [2.24, 2.45) is 0 Å². The van der Waals surface area contributed by atoms with E-state index in [1.807, 2.05) is 0 Å². The first-order valence-electron chi connectivity index (χ1n) is 5.97. The zero-order valence-electron chi connectivity index (χ0n) is 9.77. The van der Waals surface area contributed by atoms with Gasteiger partial charge in [0.25, 0.3) is 0 Å². The highest BCUT2D eigenvalue weighted by Gasteiger charge is 2.39. The average Bonchev–Trinajstić information content (AvgIpc) is 2.60. The zero-order chi connectivity index (χ0) is 9.90. The molecule has 0 amide bonds. The maximum atomic E-state index is 2.76. The van der Waals surface area contributed by atoms with E-state index in [-0.39, 0.29) is 0 Å². The highest BCUT2D eigenvalue weighted by Crippen LogP contribution is 2.37. The van der Waals surface area contributed by atoms with Crippen molar-refractivity contribution in [1.82, 2.24) is 4.90 Å². The van der Waals surface area contributed by atoms with Crippen LogP contribution in [0.3, 0.4) is 0 Å². The normalized spacial score (nSPS) is 24.9. The number of hydrogen-bond acceptors (Lipinski definition) is 1. The van der Waals surface area contributed by atoms with Crippen molar-refractivity contribution in [2.45, 2.75) is 71.4 Å². The first kappa shape index (κ1) is 11.0. The molecule has 0 bridgehead atoms. The van der Waals surface area contributed by atoms with Gasteiger partial charge in [0.05, 0.1) is 0 Å². The second-order valence-corrected chi connectivity index (χ2v) is 4.49. The molecular formula is C12H25N. The van der Waals surface area contributed by atoms with Gasteiger partial charge in [0.15, 0.2) is 0 Å². The Kier molecular flexibility index (Phi) is 3.78. The van der Waals surface area contributed by atoms with Crippen molar-refractivity contribution in [3.63, 3.8) is 0 Å².